The number of likely N-dealkylation sites (tertiary alicyclic amines) is 1. The number of Topliss-reactive ketones (excluding diaryl/α,β-unsaturated/α-hetero) is 1. The van der Waals surface area contributed by atoms with Gasteiger partial charge in [-0.15, -0.1) is 0 Å². The van der Waals surface area contributed by atoms with Crippen molar-refractivity contribution in [2.75, 3.05) is 13.1 Å². The van der Waals surface area contributed by atoms with Gasteiger partial charge in [-0.25, -0.2) is 0 Å². The molecule has 3 nitrogen and oxygen atoms in total. The molecule has 0 saturated carbocycles. The second-order valence-electron chi connectivity index (χ2n) is 4.01. The van der Waals surface area contributed by atoms with Crippen LogP contribution in [0.4, 0.5) is 0 Å². The zero-order chi connectivity index (χ0) is 10.7. The molecule has 0 amide bonds. The van der Waals surface area contributed by atoms with Gasteiger partial charge >= 0.3 is 0 Å². The predicted octanol–water partition coefficient (Wildman–Crippen LogP) is 1.81. The molecule has 1 saturated heterocycles. The van der Waals surface area contributed by atoms with Crippen molar-refractivity contribution in [3.63, 3.8) is 0 Å². The van der Waals surface area contributed by atoms with Gasteiger partial charge in [0.2, 0.25) is 0 Å². The Morgan fingerprint density at radius 3 is 2.67 bits per heavy atom. The minimum absolute atomic E-state index is 0.319. The molecule has 2 rings (SSSR count). The average Bonchev–Trinajstić information content (AvgIpc) is 2.30. The van der Waals surface area contributed by atoms with Crippen molar-refractivity contribution < 1.29 is 4.79 Å². The van der Waals surface area contributed by atoms with Crippen molar-refractivity contribution in [3.05, 3.63) is 30.1 Å². The van der Waals surface area contributed by atoms with E-state index in [0.717, 1.165) is 18.8 Å². The van der Waals surface area contributed by atoms with Crippen molar-refractivity contribution in [2.24, 2.45) is 0 Å². The van der Waals surface area contributed by atoms with Gasteiger partial charge in [0.1, 0.15) is 5.78 Å². The molecule has 0 aliphatic carbocycles. The van der Waals surface area contributed by atoms with E-state index in [1.807, 2.05) is 24.4 Å². The predicted molar refractivity (Wildman–Crippen MR) is 58.5 cm³/mol. The lowest BCUT2D eigenvalue weighted by Crippen LogP contribution is -2.36. The molecule has 1 unspecified atom stereocenters. The summed E-state index contributed by atoms with van der Waals surface area (Å²) in [4.78, 5) is 17.8. The Bertz CT molecular complexity index is 327. The molecule has 2 heterocycles. The first-order chi connectivity index (χ1) is 7.27. The van der Waals surface area contributed by atoms with Crippen molar-refractivity contribution in [2.45, 2.75) is 25.8 Å². The van der Waals surface area contributed by atoms with Gasteiger partial charge in [-0.1, -0.05) is 6.07 Å². The van der Waals surface area contributed by atoms with Gasteiger partial charge in [-0.2, -0.15) is 0 Å². The van der Waals surface area contributed by atoms with Crippen LogP contribution >= 0.6 is 0 Å². The zero-order valence-corrected chi connectivity index (χ0v) is 9.02. The van der Waals surface area contributed by atoms with E-state index in [-0.39, 0.29) is 0 Å². The Morgan fingerprint density at radius 2 is 2.07 bits per heavy atom. The highest BCUT2D eigenvalue weighted by atomic mass is 16.1. The summed E-state index contributed by atoms with van der Waals surface area (Å²) in [5.74, 6) is 0.388. The molecule has 1 aliphatic rings. The standard InChI is InChI=1S/C12H16N2O/c1-10(12-4-2-3-7-13-12)14-8-5-11(15)6-9-14/h2-4,7,10H,5-6,8-9H2,1H3. The molecular weight excluding hydrogens is 188 g/mol. The Morgan fingerprint density at radius 1 is 1.33 bits per heavy atom. The third-order valence-corrected chi connectivity index (χ3v) is 3.02. The number of nitrogens with zero attached hydrogens (tertiary/aromatic N) is 2. The lowest BCUT2D eigenvalue weighted by atomic mass is 10.1. The van der Waals surface area contributed by atoms with Gasteiger partial charge in [-0.3, -0.25) is 14.7 Å². The monoisotopic (exact) mass is 204 g/mol. The van der Waals surface area contributed by atoms with Crippen LogP contribution in [0.5, 0.6) is 0 Å². The largest absolute Gasteiger partial charge is 0.300 e. The second kappa shape index (κ2) is 4.53. The maximum Gasteiger partial charge on any atom is 0.135 e. The molecule has 1 aromatic rings. The summed E-state index contributed by atoms with van der Waals surface area (Å²) in [7, 11) is 0. The van der Waals surface area contributed by atoms with E-state index in [0.29, 0.717) is 24.7 Å². The van der Waals surface area contributed by atoms with Crippen LogP contribution in [-0.4, -0.2) is 28.8 Å². The normalized spacial score (nSPS) is 20.2. The van der Waals surface area contributed by atoms with Gasteiger partial charge in [-0.05, 0) is 19.1 Å². The van der Waals surface area contributed by atoms with Crippen LogP contribution in [-0.2, 0) is 4.79 Å². The fourth-order valence-electron chi connectivity index (χ4n) is 1.97. The summed E-state index contributed by atoms with van der Waals surface area (Å²) in [6.07, 6.45) is 3.20. The van der Waals surface area contributed by atoms with Crippen molar-refractivity contribution in [1.82, 2.24) is 9.88 Å². The highest BCUT2D eigenvalue weighted by molar-refractivity contribution is 5.79. The second-order valence-corrected chi connectivity index (χ2v) is 4.01. The molecule has 1 atom stereocenters. The first-order valence-corrected chi connectivity index (χ1v) is 5.44. The average molecular weight is 204 g/mol. The van der Waals surface area contributed by atoms with Crippen molar-refractivity contribution >= 4 is 5.78 Å². The summed E-state index contributed by atoms with van der Waals surface area (Å²) >= 11 is 0. The molecule has 80 valence electrons. The maximum absolute atomic E-state index is 11.1. The third-order valence-electron chi connectivity index (χ3n) is 3.02. The molecule has 1 fully saturated rings. The highest BCUT2D eigenvalue weighted by Crippen LogP contribution is 2.20. The topological polar surface area (TPSA) is 33.2 Å². The third kappa shape index (κ3) is 2.42. The first kappa shape index (κ1) is 10.3. The zero-order valence-electron chi connectivity index (χ0n) is 9.02. The number of aromatic nitrogens is 1. The summed E-state index contributed by atoms with van der Waals surface area (Å²) in [6, 6.07) is 6.30. The molecule has 1 aliphatic heterocycles. The van der Waals surface area contributed by atoms with E-state index in [1.54, 1.807) is 0 Å². The number of pyridine rings is 1. The number of ketones is 1. The molecule has 0 N–H and O–H groups in total. The summed E-state index contributed by atoms with van der Waals surface area (Å²) in [5.41, 5.74) is 1.09. The van der Waals surface area contributed by atoms with Gasteiger partial charge < -0.3 is 0 Å². The molecule has 0 spiro atoms. The van der Waals surface area contributed by atoms with Crippen LogP contribution in [0.25, 0.3) is 0 Å². The van der Waals surface area contributed by atoms with Crippen LogP contribution in [0.2, 0.25) is 0 Å². The minimum atomic E-state index is 0.319. The molecular formula is C12H16N2O. The van der Waals surface area contributed by atoms with E-state index < -0.39 is 0 Å². The number of carbonyl (C=O) groups excluding carboxylic acids is 1. The number of hydrogen-bond acceptors (Lipinski definition) is 3. The Hall–Kier alpha value is -1.22. The van der Waals surface area contributed by atoms with Crippen molar-refractivity contribution in [1.29, 1.82) is 0 Å². The maximum atomic E-state index is 11.1. The minimum Gasteiger partial charge on any atom is -0.300 e. The summed E-state index contributed by atoms with van der Waals surface area (Å²) < 4.78 is 0. The fraction of sp³-hybridized carbons (Fsp3) is 0.500. The Kier molecular flexibility index (Phi) is 3.11. The van der Waals surface area contributed by atoms with E-state index in [1.165, 1.54) is 0 Å². The highest BCUT2D eigenvalue weighted by Gasteiger charge is 2.21. The lowest BCUT2D eigenvalue weighted by molar-refractivity contribution is -0.121. The molecule has 15 heavy (non-hydrogen) atoms. The van der Waals surface area contributed by atoms with Crippen LogP contribution in [0.1, 0.15) is 31.5 Å². The number of rotatable bonds is 2. The molecule has 0 radical (unpaired) electrons. The van der Waals surface area contributed by atoms with Gasteiger partial charge in [0, 0.05) is 38.2 Å². The summed E-state index contributed by atoms with van der Waals surface area (Å²) in [6.45, 7) is 3.89. The van der Waals surface area contributed by atoms with Crippen LogP contribution in [0.15, 0.2) is 24.4 Å². The molecule has 3 heteroatoms. The van der Waals surface area contributed by atoms with Crippen LogP contribution < -0.4 is 0 Å². The molecule has 0 aromatic carbocycles. The van der Waals surface area contributed by atoms with Crippen molar-refractivity contribution in [3.8, 4) is 0 Å². The smallest absolute Gasteiger partial charge is 0.135 e. The van der Waals surface area contributed by atoms with Gasteiger partial charge in [0.25, 0.3) is 0 Å². The van der Waals surface area contributed by atoms with E-state index in [4.69, 9.17) is 0 Å². The van der Waals surface area contributed by atoms with Gasteiger partial charge in [0.05, 0.1) is 5.69 Å². The SMILES string of the molecule is CC(c1ccccn1)N1CCC(=O)CC1. The number of piperidine rings is 1. The van der Waals surface area contributed by atoms with E-state index >= 15 is 0 Å². The van der Waals surface area contributed by atoms with Gasteiger partial charge in [0.15, 0.2) is 0 Å². The lowest BCUT2D eigenvalue weighted by Gasteiger charge is -2.31. The first-order valence-electron chi connectivity index (χ1n) is 5.44. The number of carbonyl (C=O) groups is 1. The van der Waals surface area contributed by atoms with Crippen LogP contribution in [0, 0.1) is 0 Å². The molecule has 0 bridgehead atoms. The summed E-state index contributed by atoms with van der Waals surface area (Å²) in [5, 5.41) is 0. The van der Waals surface area contributed by atoms with E-state index in [9.17, 15) is 4.79 Å². The fourth-order valence-corrected chi connectivity index (χ4v) is 1.97. The van der Waals surface area contributed by atoms with E-state index in [2.05, 4.69) is 16.8 Å². The quantitative estimate of drug-likeness (QED) is 0.736. The van der Waals surface area contributed by atoms with Crippen LogP contribution in [0.3, 0.4) is 0 Å². The Labute approximate surface area is 90.1 Å². The number of hydrogen-bond donors (Lipinski definition) is 0. The molecule has 1 aromatic heterocycles. The Balaban J connectivity index is 2.02.